The Morgan fingerprint density at radius 1 is 1.38 bits per heavy atom. The fourth-order valence-electron chi connectivity index (χ4n) is 3.10. The topological polar surface area (TPSA) is 38.8 Å². The molecule has 4 heteroatoms. The first-order valence-electron chi connectivity index (χ1n) is 7.58. The number of benzene rings is 1. The van der Waals surface area contributed by atoms with Crippen LogP contribution < -0.4 is 4.74 Å². The van der Waals surface area contributed by atoms with E-state index in [1.807, 2.05) is 20.8 Å². The number of amides is 1. The molecule has 1 fully saturated rings. The molecule has 0 radical (unpaired) electrons. The number of aryl methyl sites for hydroxylation is 1. The summed E-state index contributed by atoms with van der Waals surface area (Å²) in [6, 6.07) is 6.38. The normalized spacial score (nSPS) is 24.1. The second-order valence-electron chi connectivity index (χ2n) is 7.02. The van der Waals surface area contributed by atoms with Crippen molar-refractivity contribution >= 4 is 6.09 Å². The van der Waals surface area contributed by atoms with Crippen molar-refractivity contribution < 1.29 is 14.3 Å². The predicted octanol–water partition coefficient (Wildman–Crippen LogP) is 3.48. The Kier molecular flexibility index (Phi) is 3.34. The molecule has 2 aliphatic rings. The summed E-state index contributed by atoms with van der Waals surface area (Å²) in [6.07, 6.45) is 0.750. The largest absolute Gasteiger partial charge is 0.488 e. The highest BCUT2D eigenvalue weighted by Gasteiger charge is 2.40. The van der Waals surface area contributed by atoms with Crippen LogP contribution in [0.15, 0.2) is 18.2 Å². The monoisotopic (exact) mass is 289 g/mol. The first kappa shape index (κ1) is 14.2. The van der Waals surface area contributed by atoms with Gasteiger partial charge in [-0.2, -0.15) is 0 Å². The average Bonchev–Trinajstić information content (AvgIpc) is 2.72. The first-order chi connectivity index (χ1) is 9.83. The molecule has 4 nitrogen and oxygen atoms in total. The standard InChI is InChI=1S/C17H23NO3/c1-11-5-6-12-13-7-8-18(16(19)21-17(2,3)4)10-15(13)20-14(12)9-11/h5-6,9,13,15H,7-8,10H2,1-4H3. The second-order valence-corrected chi connectivity index (χ2v) is 7.02. The van der Waals surface area contributed by atoms with Crippen molar-refractivity contribution in [3.8, 4) is 5.75 Å². The molecule has 1 aromatic carbocycles. The maximum atomic E-state index is 12.2. The summed E-state index contributed by atoms with van der Waals surface area (Å²) in [5.74, 6) is 1.38. The Morgan fingerprint density at radius 3 is 2.86 bits per heavy atom. The Hall–Kier alpha value is -1.71. The van der Waals surface area contributed by atoms with Crippen molar-refractivity contribution in [2.24, 2.45) is 0 Å². The highest BCUT2D eigenvalue weighted by molar-refractivity contribution is 5.68. The van der Waals surface area contributed by atoms with Crippen molar-refractivity contribution in [3.05, 3.63) is 29.3 Å². The fourth-order valence-corrected chi connectivity index (χ4v) is 3.10. The highest BCUT2D eigenvalue weighted by Crippen LogP contribution is 2.43. The van der Waals surface area contributed by atoms with E-state index in [-0.39, 0.29) is 12.2 Å². The van der Waals surface area contributed by atoms with Gasteiger partial charge in [0, 0.05) is 18.0 Å². The molecule has 2 unspecified atom stereocenters. The van der Waals surface area contributed by atoms with Crippen molar-refractivity contribution in [1.82, 2.24) is 4.90 Å². The predicted molar refractivity (Wildman–Crippen MR) is 80.8 cm³/mol. The summed E-state index contributed by atoms with van der Waals surface area (Å²) in [6.45, 7) is 9.08. The number of piperidine rings is 1. The van der Waals surface area contributed by atoms with Gasteiger partial charge in [-0.05, 0) is 45.7 Å². The maximum absolute atomic E-state index is 12.2. The molecule has 3 rings (SSSR count). The van der Waals surface area contributed by atoms with Gasteiger partial charge in [-0.25, -0.2) is 4.79 Å². The molecule has 1 amide bonds. The zero-order valence-electron chi connectivity index (χ0n) is 13.2. The Labute approximate surface area is 126 Å². The summed E-state index contributed by atoms with van der Waals surface area (Å²) < 4.78 is 11.5. The van der Waals surface area contributed by atoms with Crippen LogP contribution in [0, 0.1) is 6.92 Å². The number of hydrogen-bond donors (Lipinski definition) is 0. The van der Waals surface area contributed by atoms with Gasteiger partial charge < -0.3 is 14.4 Å². The van der Waals surface area contributed by atoms with Crippen LogP contribution in [0.25, 0.3) is 0 Å². The molecule has 114 valence electrons. The van der Waals surface area contributed by atoms with E-state index in [0.29, 0.717) is 12.5 Å². The van der Waals surface area contributed by atoms with E-state index in [0.717, 1.165) is 18.7 Å². The molecule has 0 spiro atoms. The first-order valence-corrected chi connectivity index (χ1v) is 7.58. The smallest absolute Gasteiger partial charge is 0.410 e. The van der Waals surface area contributed by atoms with Gasteiger partial charge >= 0.3 is 6.09 Å². The number of rotatable bonds is 0. The van der Waals surface area contributed by atoms with Gasteiger partial charge in [0.2, 0.25) is 0 Å². The third-order valence-electron chi connectivity index (χ3n) is 4.06. The van der Waals surface area contributed by atoms with Crippen LogP contribution in [-0.4, -0.2) is 35.8 Å². The minimum atomic E-state index is -0.454. The van der Waals surface area contributed by atoms with Crippen LogP contribution in [0.3, 0.4) is 0 Å². The molecule has 0 aromatic heterocycles. The van der Waals surface area contributed by atoms with E-state index in [1.54, 1.807) is 4.90 Å². The quantitative estimate of drug-likeness (QED) is 0.734. The van der Waals surface area contributed by atoms with E-state index < -0.39 is 5.60 Å². The number of likely N-dealkylation sites (tertiary alicyclic amines) is 1. The van der Waals surface area contributed by atoms with Crippen molar-refractivity contribution in [2.45, 2.75) is 51.7 Å². The van der Waals surface area contributed by atoms with E-state index in [1.165, 1.54) is 11.1 Å². The SMILES string of the molecule is Cc1ccc2c(c1)OC1CN(C(=O)OC(C)(C)C)CCC21. The van der Waals surface area contributed by atoms with Crippen LogP contribution in [0.4, 0.5) is 4.79 Å². The number of nitrogens with zero attached hydrogens (tertiary/aromatic N) is 1. The second kappa shape index (κ2) is 4.93. The molecule has 0 bridgehead atoms. The molecule has 1 aromatic rings. The molecule has 0 aliphatic carbocycles. The third kappa shape index (κ3) is 2.85. The Balaban J connectivity index is 1.70. The van der Waals surface area contributed by atoms with E-state index in [2.05, 4.69) is 25.1 Å². The van der Waals surface area contributed by atoms with Crippen LogP contribution in [-0.2, 0) is 4.74 Å². The summed E-state index contributed by atoms with van der Waals surface area (Å²) in [5.41, 5.74) is 2.04. The van der Waals surface area contributed by atoms with Crippen molar-refractivity contribution in [1.29, 1.82) is 0 Å². The molecule has 2 aliphatic heterocycles. The molecular weight excluding hydrogens is 266 g/mol. The minimum Gasteiger partial charge on any atom is -0.488 e. The van der Waals surface area contributed by atoms with Gasteiger partial charge in [0.1, 0.15) is 17.5 Å². The average molecular weight is 289 g/mol. The molecule has 0 saturated carbocycles. The molecule has 1 saturated heterocycles. The highest BCUT2D eigenvalue weighted by atomic mass is 16.6. The summed E-state index contributed by atoms with van der Waals surface area (Å²) in [4.78, 5) is 13.9. The maximum Gasteiger partial charge on any atom is 0.410 e. The van der Waals surface area contributed by atoms with Crippen molar-refractivity contribution in [3.63, 3.8) is 0 Å². The van der Waals surface area contributed by atoms with Gasteiger partial charge in [-0.3, -0.25) is 0 Å². The van der Waals surface area contributed by atoms with Gasteiger partial charge in [-0.1, -0.05) is 12.1 Å². The van der Waals surface area contributed by atoms with Crippen LogP contribution in [0.2, 0.25) is 0 Å². The minimum absolute atomic E-state index is 0.0584. The van der Waals surface area contributed by atoms with Gasteiger partial charge in [0.25, 0.3) is 0 Å². The molecule has 21 heavy (non-hydrogen) atoms. The number of fused-ring (bicyclic) bond motifs is 3. The lowest BCUT2D eigenvalue weighted by molar-refractivity contribution is 0.00789. The zero-order valence-corrected chi connectivity index (χ0v) is 13.2. The van der Waals surface area contributed by atoms with Crippen LogP contribution >= 0.6 is 0 Å². The van der Waals surface area contributed by atoms with Crippen LogP contribution in [0.1, 0.15) is 44.2 Å². The number of ether oxygens (including phenoxy) is 2. The Bertz CT molecular complexity index is 562. The van der Waals surface area contributed by atoms with E-state index >= 15 is 0 Å². The molecule has 2 atom stereocenters. The fraction of sp³-hybridized carbons (Fsp3) is 0.588. The van der Waals surface area contributed by atoms with E-state index in [4.69, 9.17) is 9.47 Å². The zero-order chi connectivity index (χ0) is 15.2. The summed E-state index contributed by atoms with van der Waals surface area (Å²) in [7, 11) is 0. The molecule has 0 N–H and O–H groups in total. The lowest BCUT2D eigenvalue weighted by atomic mass is 9.89. The number of hydrogen-bond acceptors (Lipinski definition) is 3. The lowest BCUT2D eigenvalue weighted by Gasteiger charge is -2.35. The number of carbonyl (C=O) groups excluding carboxylic acids is 1. The molecule has 2 heterocycles. The van der Waals surface area contributed by atoms with Gasteiger partial charge in [-0.15, -0.1) is 0 Å². The van der Waals surface area contributed by atoms with Crippen molar-refractivity contribution in [2.75, 3.05) is 13.1 Å². The molecular formula is C17H23NO3. The van der Waals surface area contributed by atoms with Gasteiger partial charge in [0.05, 0.1) is 6.54 Å². The lowest BCUT2D eigenvalue weighted by Crippen LogP contribution is -2.47. The Morgan fingerprint density at radius 2 is 2.14 bits per heavy atom. The third-order valence-corrected chi connectivity index (χ3v) is 4.06. The van der Waals surface area contributed by atoms with E-state index in [9.17, 15) is 4.79 Å². The van der Waals surface area contributed by atoms with Crippen LogP contribution in [0.5, 0.6) is 5.75 Å². The van der Waals surface area contributed by atoms with Gasteiger partial charge in [0.15, 0.2) is 0 Å². The summed E-state index contributed by atoms with van der Waals surface area (Å²) in [5, 5.41) is 0. The summed E-state index contributed by atoms with van der Waals surface area (Å²) >= 11 is 0. The number of carbonyl (C=O) groups is 1.